The van der Waals surface area contributed by atoms with Crippen LogP contribution in [0.1, 0.15) is 56.7 Å². The lowest BCUT2D eigenvalue weighted by Crippen LogP contribution is -2.44. The highest BCUT2D eigenvalue weighted by Gasteiger charge is 2.29. The van der Waals surface area contributed by atoms with E-state index in [0.717, 1.165) is 42.1 Å². The normalized spacial score (nSPS) is 12.8. The molecule has 0 bridgehead atoms. The monoisotopic (exact) mass is 332 g/mol. The summed E-state index contributed by atoms with van der Waals surface area (Å²) < 4.78 is 28.1. The zero-order chi connectivity index (χ0) is 16.1. The Morgan fingerprint density at radius 1 is 1.24 bits per heavy atom. The molecule has 0 amide bonds. The molecule has 0 saturated heterocycles. The number of thiophene rings is 1. The molecule has 1 aromatic rings. The molecule has 0 aliphatic heterocycles. The van der Waals surface area contributed by atoms with E-state index in [1.165, 1.54) is 0 Å². The molecular formula is C15H28N2O2S2. The van der Waals surface area contributed by atoms with E-state index in [2.05, 4.69) is 17.0 Å². The van der Waals surface area contributed by atoms with E-state index in [4.69, 9.17) is 0 Å². The molecule has 2 N–H and O–H groups in total. The maximum Gasteiger partial charge on any atom is 0.242 e. The highest BCUT2D eigenvalue weighted by atomic mass is 32.2. The average Bonchev–Trinajstić information content (AvgIpc) is 2.80. The molecule has 0 aliphatic rings. The van der Waals surface area contributed by atoms with Gasteiger partial charge in [0, 0.05) is 21.8 Å². The average molecular weight is 333 g/mol. The molecule has 0 fully saturated rings. The van der Waals surface area contributed by atoms with Crippen LogP contribution in [0.15, 0.2) is 11.0 Å². The third kappa shape index (κ3) is 5.06. The molecule has 1 rings (SSSR count). The molecular weight excluding hydrogens is 304 g/mol. The molecule has 1 aromatic heterocycles. The molecule has 1 heterocycles. The largest absolute Gasteiger partial charge is 0.312 e. The van der Waals surface area contributed by atoms with Crippen molar-refractivity contribution in [1.82, 2.24) is 10.0 Å². The van der Waals surface area contributed by atoms with Crippen molar-refractivity contribution in [3.05, 3.63) is 15.8 Å². The molecule has 6 heteroatoms. The highest BCUT2D eigenvalue weighted by molar-refractivity contribution is 7.89. The van der Waals surface area contributed by atoms with Crippen LogP contribution in [0.2, 0.25) is 0 Å². The van der Waals surface area contributed by atoms with Crippen molar-refractivity contribution in [1.29, 1.82) is 0 Å². The SMILES string of the molecule is CCCNCc1cc(S(=O)(=O)NC(C)(CC)CC)c(C)s1. The van der Waals surface area contributed by atoms with Gasteiger partial charge >= 0.3 is 0 Å². The summed E-state index contributed by atoms with van der Waals surface area (Å²) in [6.07, 6.45) is 2.62. The molecule has 0 radical (unpaired) electrons. The molecule has 122 valence electrons. The summed E-state index contributed by atoms with van der Waals surface area (Å²) in [4.78, 5) is 2.34. The number of hydrogen-bond donors (Lipinski definition) is 2. The van der Waals surface area contributed by atoms with Gasteiger partial charge < -0.3 is 5.32 Å². The summed E-state index contributed by atoms with van der Waals surface area (Å²) in [6, 6.07) is 1.80. The van der Waals surface area contributed by atoms with Crippen LogP contribution in [0.5, 0.6) is 0 Å². The van der Waals surface area contributed by atoms with E-state index in [-0.39, 0.29) is 5.54 Å². The number of aryl methyl sites for hydroxylation is 1. The van der Waals surface area contributed by atoms with Crippen LogP contribution < -0.4 is 10.0 Å². The predicted octanol–water partition coefficient (Wildman–Crippen LogP) is 3.41. The first-order valence-electron chi connectivity index (χ1n) is 7.62. The van der Waals surface area contributed by atoms with Gasteiger partial charge in [-0.15, -0.1) is 11.3 Å². The number of sulfonamides is 1. The minimum atomic E-state index is -3.45. The fraction of sp³-hybridized carbons (Fsp3) is 0.733. The van der Waals surface area contributed by atoms with Gasteiger partial charge in [0.25, 0.3) is 0 Å². The Balaban J connectivity index is 2.93. The van der Waals surface area contributed by atoms with E-state index in [1.807, 2.05) is 27.7 Å². The Kier molecular flexibility index (Phi) is 6.84. The van der Waals surface area contributed by atoms with Gasteiger partial charge in [-0.25, -0.2) is 13.1 Å². The van der Waals surface area contributed by atoms with Gasteiger partial charge in [0.1, 0.15) is 0 Å². The lowest BCUT2D eigenvalue weighted by molar-refractivity contribution is 0.388. The first kappa shape index (κ1) is 18.6. The summed E-state index contributed by atoms with van der Waals surface area (Å²) in [5.41, 5.74) is -0.381. The van der Waals surface area contributed by atoms with Crippen LogP contribution in [-0.2, 0) is 16.6 Å². The zero-order valence-electron chi connectivity index (χ0n) is 13.7. The van der Waals surface area contributed by atoms with Crippen molar-refractivity contribution >= 4 is 21.4 Å². The second-order valence-corrected chi connectivity index (χ2v) is 8.67. The maximum absolute atomic E-state index is 12.6. The quantitative estimate of drug-likeness (QED) is 0.681. The minimum absolute atomic E-state index is 0.381. The van der Waals surface area contributed by atoms with Crippen LogP contribution in [0.4, 0.5) is 0 Å². The summed E-state index contributed by atoms with van der Waals surface area (Å²) in [7, 11) is -3.45. The van der Waals surface area contributed by atoms with Crippen molar-refractivity contribution in [2.45, 2.75) is 70.9 Å². The molecule has 0 atom stereocenters. The van der Waals surface area contributed by atoms with Crippen molar-refractivity contribution in [3.63, 3.8) is 0 Å². The maximum atomic E-state index is 12.6. The number of rotatable bonds is 9. The van der Waals surface area contributed by atoms with Crippen molar-refractivity contribution < 1.29 is 8.42 Å². The Labute approximate surface area is 133 Å². The lowest BCUT2D eigenvalue weighted by Gasteiger charge is -2.27. The fourth-order valence-corrected chi connectivity index (χ4v) is 5.20. The lowest BCUT2D eigenvalue weighted by atomic mass is 9.98. The summed E-state index contributed by atoms with van der Waals surface area (Å²) in [5.74, 6) is 0. The Bertz CT molecular complexity index is 546. The number of hydrogen-bond acceptors (Lipinski definition) is 4. The second kappa shape index (κ2) is 7.72. The molecule has 0 saturated carbocycles. The van der Waals surface area contributed by atoms with E-state index in [1.54, 1.807) is 17.4 Å². The molecule has 0 unspecified atom stereocenters. The van der Waals surface area contributed by atoms with Crippen molar-refractivity contribution in [2.75, 3.05) is 6.54 Å². The first-order chi connectivity index (χ1) is 9.78. The van der Waals surface area contributed by atoms with Gasteiger partial charge in [0.15, 0.2) is 0 Å². The van der Waals surface area contributed by atoms with E-state index in [0.29, 0.717) is 4.90 Å². The predicted molar refractivity (Wildman–Crippen MR) is 90.4 cm³/mol. The fourth-order valence-electron chi connectivity index (χ4n) is 2.04. The van der Waals surface area contributed by atoms with E-state index < -0.39 is 10.0 Å². The molecule has 0 aliphatic carbocycles. The first-order valence-corrected chi connectivity index (χ1v) is 9.92. The van der Waals surface area contributed by atoms with Gasteiger partial charge in [0.2, 0.25) is 10.0 Å². The summed E-state index contributed by atoms with van der Waals surface area (Å²) in [6.45, 7) is 11.6. The van der Waals surface area contributed by atoms with Crippen molar-refractivity contribution in [3.8, 4) is 0 Å². The van der Waals surface area contributed by atoms with Gasteiger partial charge in [-0.3, -0.25) is 0 Å². The van der Waals surface area contributed by atoms with E-state index in [9.17, 15) is 8.42 Å². The summed E-state index contributed by atoms with van der Waals surface area (Å²) >= 11 is 1.55. The van der Waals surface area contributed by atoms with Crippen LogP contribution in [-0.4, -0.2) is 20.5 Å². The molecule has 0 aromatic carbocycles. The standard InChI is InChI=1S/C15H28N2O2S2/c1-6-9-16-11-13-10-14(12(4)20-13)21(18,19)17-15(5,7-2)8-3/h10,16-17H,6-9,11H2,1-5H3. The van der Waals surface area contributed by atoms with Crippen LogP contribution in [0, 0.1) is 6.92 Å². The Morgan fingerprint density at radius 2 is 1.86 bits per heavy atom. The summed E-state index contributed by atoms with van der Waals surface area (Å²) in [5, 5.41) is 3.31. The molecule has 0 spiro atoms. The van der Waals surface area contributed by atoms with Gasteiger partial charge in [-0.2, -0.15) is 0 Å². The molecule has 4 nitrogen and oxygen atoms in total. The van der Waals surface area contributed by atoms with Crippen molar-refractivity contribution in [2.24, 2.45) is 0 Å². The topological polar surface area (TPSA) is 58.2 Å². The van der Waals surface area contributed by atoms with Gasteiger partial charge in [-0.05, 0) is 45.7 Å². The number of nitrogens with one attached hydrogen (secondary N) is 2. The van der Waals surface area contributed by atoms with Crippen LogP contribution in [0.25, 0.3) is 0 Å². The highest BCUT2D eigenvalue weighted by Crippen LogP contribution is 2.27. The Hall–Kier alpha value is -0.430. The smallest absolute Gasteiger partial charge is 0.242 e. The van der Waals surface area contributed by atoms with Crippen LogP contribution in [0.3, 0.4) is 0 Å². The zero-order valence-corrected chi connectivity index (χ0v) is 15.4. The third-order valence-corrected chi connectivity index (χ3v) is 6.82. The Morgan fingerprint density at radius 3 is 2.38 bits per heavy atom. The van der Waals surface area contributed by atoms with Crippen LogP contribution >= 0.6 is 11.3 Å². The van der Waals surface area contributed by atoms with E-state index >= 15 is 0 Å². The van der Waals surface area contributed by atoms with Gasteiger partial charge in [-0.1, -0.05) is 20.8 Å². The third-order valence-electron chi connectivity index (χ3n) is 3.88. The molecule has 21 heavy (non-hydrogen) atoms. The minimum Gasteiger partial charge on any atom is -0.312 e. The van der Waals surface area contributed by atoms with Gasteiger partial charge in [0.05, 0.1) is 4.90 Å². The second-order valence-electron chi connectivity index (χ2n) is 5.68.